The Kier molecular flexibility index (Phi) is 3.03. The fourth-order valence-electron chi connectivity index (χ4n) is 3.20. The molecule has 1 aliphatic rings. The first-order valence-electron chi connectivity index (χ1n) is 7.57. The van der Waals surface area contributed by atoms with Gasteiger partial charge >= 0.3 is 0 Å². The van der Waals surface area contributed by atoms with Gasteiger partial charge in [0.15, 0.2) is 0 Å². The zero-order valence-corrected chi connectivity index (χ0v) is 12.8. The lowest BCUT2D eigenvalue weighted by molar-refractivity contribution is 0.741. The van der Waals surface area contributed by atoms with E-state index < -0.39 is 0 Å². The molecule has 6 nitrogen and oxygen atoms in total. The Morgan fingerprint density at radius 3 is 2.91 bits per heavy atom. The van der Waals surface area contributed by atoms with E-state index in [1.54, 1.807) is 6.33 Å². The lowest BCUT2D eigenvalue weighted by Crippen LogP contribution is -2.24. The van der Waals surface area contributed by atoms with Crippen molar-refractivity contribution in [2.75, 3.05) is 18.0 Å². The van der Waals surface area contributed by atoms with Gasteiger partial charge < -0.3 is 4.90 Å². The molecule has 0 bridgehead atoms. The molecular formula is C16H18N6. The average molecular weight is 294 g/mol. The number of hydrogen-bond donors (Lipinski definition) is 0. The molecule has 6 heteroatoms. The van der Waals surface area contributed by atoms with Crippen molar-refractivity contribution >= 4 is 11.6 Å². The zero-order chi connectivity index (χ0) is 15.1. The van der Waals surface area contributed by atoms with Crippen LogP contribution in [0.3, 0.4) is 0 Å². The molecule has 0 aliphatic carbocycles. The molecule has 22 heavy (non-hydrogen) atoms. The summed E-state index contributed by atoms with van der Waals surface area (Å²) in [7, 11) is 0. The van der Waals surface area contributed by atoms with E-state index in [0.717, 1.165) is 31.0 Å². The van der Waals surface area contributed by atoms with E-state index in [0.29, 0.717) is 11.7 Å². The molecule has 0 radical (unpaired) electrons. The number of nitrogens with zero attached hydrogens (tertiary/aromatic N) is 6. The first kappa shape index (κ1) is 13.2. The van der Waals surface area contributed by atoms with Gasteiger partial charge in [-0.25, -0.2) is 4.98 Å². The van der Waals surface area contributed by atoms with E-state index >= 15 is 0 Å². The summed E-state index contributed by atoms with van der Waals surface area (Å²) in [6, 6.07) is 6.14. The largest absolute Gasteiger partial charge is 0.355 e. The van der Waals surface area contributed by atoms with Crippen molar-refractivity contribution in [1.82, 2.24) is 24.6 Å². The molecule has 4 rings (SSSR count). The Bertz CT molecular complexity index is 810. The molecule has 1 atom stereocenters. The third-order valence-corrected chi connectivity index (χ3v) is 4.47. The molecule has 1 fully saturated rings. The van der Waals surface area contributed by atoms with Crippen molar-refractivity contribution < 1.29 is 0 Å². The highest BCUT2D eigenvalue weighted by atomic mass is 15.4. The summed E-state index contributed by atoms with van der Waals surface area (Å²) in [6.07, 6.45) is 4.54. The fourth-order valence-corrected chi connectivity index (χ4v) is 3.20. The van der Waals surface area contributed by atoms with Gasteiger partial charge in [-0.1, -0.05) is 6.07 Å². The van der Waals surface area contributed by atoms with Crippen LogP contribution in [0.2, 0.25) is 0 Å². The van der Waals surface area contributed by atoms with Gasteiger partial charge in [0.1, 0.15) is 12.1 Å². The summed E-state index contributed by atoms with van der Waals surface area (Å²) in [6.45, 7) is 6.09. The van der Waals surface area contributed by atoms with Gasteiger partial charge in [0.2, 0.25) is 0 Å². The number of pyridine rings is 1. The molecule has 1 unspecified atom stereocenters. The van der Waals surface area contributed by atoms with Crippen LogP contribution in [0.15, 0.2) is 30.7 Å². The van der Waals surface area contributed by atoms with E-state index in [1.165, 1.54) is 11.3 Å². The minimum Gasteiger partial charge on any atom is -0.355 e. The molecule has 1 aliphatic heterocycles. The van der Waals surface area contributed by atoms with E-state index in [1.807, 2.05) is 23.7 Å². The number of rotatable bonds is 2. The molecule has 0 aromatic carbocycles. The van der Waals surface area contributed by atoms with Crippen LogP contribution in [0.1, 0.15) is 29.3 Å². The van der Waals surface area contributed by atoms with Crippen molar-refractivity contribution in [3.05, 3.63) is 47.7 Å². The SMILES string of the molecule is Cc1nc2ncnn2c(N2CCC(c3ccccn3)C2)c1C. The van der Waals surface area contributed by atoms with Crippen LogP contribution in [0.25, 0.3) is 5.78 Å². The molecule has 3 aromatic heterocycles. The Balaban J connectivity index is 1.72. The molecule has 0 N–H and O–H groups in total. The normalized spacial score (nSPS) is 18.3. The van der Waals surface area contributed by atoms with Crippen LogP contribution in [0, 0.1) is 13.8 Å². The standard InChI is InChI=1S/C16H18N6/c1-11-12(2)20-16-18-10-19-22(16)15(11)21-8-6-13(9-21)14-5-3-4-7-17-14/h3-5,7,10,13H,6,8-9H2,1-2H3. The smallest absolute Gasteiger partial charge is 0.254 e. The molecule has 3 aromatic rings. The van der Waals surface area contributed by atoms with Crippen molar-refractivity contribution in [3.8, 4) is 0 Å². The maximum atomic E-state index is 4.51. The third kappa shape index (κ3) is 2.03. The van der Waals surface area contributed by atoms with E-state index in [9.17, 15) is 0 Å². The monoisotopic (exact) mass is 294 g/mol. The molecule has 0 saturated carbocycles. The number of aryl methyl sites for hydroxylation is 1. The lowest BCUT2D eigenvalue weighted by atomic mass is 10.0. The van der Waals surface area contributed by atoms with Gasteiger partial charge in [-0.2, -0.15) is 14.6 Å². The van der Waals surface area contributed by atoms with Crippen molar-refractivity contribution in [1.29, 1.82) is 0 Å². The van der Waals surface area contributed by atoms with Gasteiger partial charge in [-0.3, -0.25) is 4.98 Å². The second kappa shape index (κ2) is 5.05. The summed E-state index contributed by atoms with van der Waals surface area (Å²) >= 11 is 0. The van der Waals surface area contributed by atoms with Gasteiger partial charge in [0.05, 0.1) is 0 Å². The predicted octanol–water partition coefficient (Wildman–Crippen LogP) is 2.13. The second-order valence-electron chi connectivity index (χ2n) is 5.80. The molecule has 0 amide bonds. The van der Waals surface area contributed by atoms with Gasteiger partial charge in [0.25, 0.3) is 5.78 Å². The fraction of sp³-hybridized carbons (Fsp3) is 0.375. The Morgan fingerprint density at radius 1 is 1.18 bits per heavy atom. The van der Waals surface area contributed by atoms with Crippen molar-refractivity contribution in [2.45, 2.75) is 26.2 Å². The summed E-state index contributed by atoms with van der Waals surface area (Å²) < 4.78 is 1.85. The molecule has 4 heterocycles. The van der Waals surface area contributed by atoms with Crippen LogP contribution in [0.4, 0.5) is 5.82 Å². The molecule has 1 saturated heterocycles. The Hall–Kier alpha value is -2.50. The minimum atomic E-state index is 0.465. The predicted molar refractivity (Wildman–Crippen MR) is 84.1 cm³/mol. The van der Waals surface area contributed by atoms with Gasteiger partial charge in [-0.15, -0.1) is 0 Å². The summed E-state index contributed by atoms with van der Waals surface area (Å²) in [5, 5.41) is 4.35. The zero-order valence-electron chi connectivity index (χ0n) is 12.8. The first-order valence-corrected chi connectivity index (χ1v) is 7.57. The summed E-state index contributed by atoms with van der Waals surface area (Å²) in [5.41, 5.74) is 3.35. The molecule has 112 valence electrons. The molecular weight excluding hydrogens is 276 g/mol. The highest BCUT2D eigenvalue weighted by Crippen LogP contribution is 2.31. The third-order valence-electron chi connectivity index (χ3n) is 4.47. The van der Waals surface area contributed by atoms with Gasteiger partial charge in [0, 0.05) is 42.2 Å². The van der Waals surface area contributed by atoms with Crippen LogP contribution < -0.4 is 4.90 Å². The maximum Gasteiger partial charge on any atom is 0.254 e. The molecule has 0 spiro atoms. The Labute approximate surface area is 128 Å². The van der Waals surface area contributed by atoms with Crippen LogP contribution in [-0.2, 0) is 0 Å². The lowest BCUT2D eigenvalue weighted by Gasteiger charge is -2.22. The van der Waals surface area contributed by atoms with E-state index in [4.69, 9.17) is 0 Å². The van der Waals surface area contributed by atoms with Crippen molar-refractivity contribution in [2.24, 2.45) is 0 Å². The number of hydrogen-bond acceptors (Lipinski definition) is 5. The van der Waals surface area contributed by atoms with Crippen LogP contribution >= 0.6 is 0 Å². The van der Waals surface area contributed by atoms with Crippen LogP contribution in [0.5, 0.6) is 0 Å². The summed E-state index contributed by atoms with van der Waals surface area (Å²) in [4.78, 5) is 15.6. The minimum absolute atomic E-state index is 0.465. The number of aromatic nitrogens is 5. The van der Waals surface area contributed by atoms with Gasteiger partial charge in [-0.05, 0) is 32.4 Å². The van der Waals surface area contributed by atoms with Crippen molar-refractivity contribution in [3.63, 3.8) is 0 Å². The van der Waals surface area contributed by atoms with E-state index in [2.05, 4.69) is 44.0 Å². The van der Waals surface area contributed by atoms with E-state index in [-0.39, 0.29) is 0 Å². The Morgan fingerprint density at radius 2 is 2.09 bits per heavy atom. The number of anilines is 1. The topological polar surface area (TPSA) is 59.2 Å². The average Bonchev–Trinajstić information content (AvgIpc) is 3.18. The highest BCUT2D eigenvalue weighted by molar-refractivity contribution is 5.55. The quantitative estimate of drug-likeness (QED) is 0.724. The maximum absolute atomic E-state index is 4.51. The van der Waals surface area contributed by atoms with Crippen LogP contribution in [-0.4, -0.2) is 37.7 Å². The highest BCUT2D eigenvalue weighted by Gasteiger charge is 2.28. The second-order valence-corrected chi connectivity index (χ2v) is 5.80. The first-order chi connectivity index (χ1) is 10.7. The number of fused-ring (bicyclic) bond motifs is 1. The summed E-state index contributed by atoms with van der Waals surface area (Å²) in [5.74, 6) is 2.24.